The third-order valence-electron chi connectivity index (χ3n) is 3.47. The number of phenols is 1. The zero-order chi connectivity index (χ0) is 17.1. The molecule has 1 aromatic rings. The summed E-state index contributed by atoms with van der Waals surface area (Å²) in [5.41, 5.74) is -0.158. The minimum absolute atomic E-state index is 0.0486. The maximum absolute atomic E-state index is 11.5. The van der Waals surface area contributed by atoms with E-state index in [1.807, 2.05) is 0 Å². The number of phenolic OH excluding ortho intramolecular Hbond substituents is 1. The Morgan fingerprint density at radius 3 is 2.52 bits per heavy atom. The number of methoxy groups -OCH3 is 1. The molecule has 23 heavy (non-hydrogen) atoms. The van der Waals surface area contributed by atoms with E-state index in [0.717, 1.165) is 7.11 Å². The Morgan fingerprint density at radius 1 is 1.22 bits per heavy atom. The van der Waals surface area contributed by atoms with Crippen molar-refractivity contribution < 1.29 is 44.5 Å². The second-order valence-corrected chi connectivity index (χ2v) is 4.99. The summed E-state index contributed by atoms with van der Waals surface area (Å²) < 4.78 is 15.0. The molecule has 1 heterocycles. The van der Waals surface area contributed by atoms with Crippen molar-refractivity contribution in [3.05, 3.63) is 23.8 Å². The van der Waals surface area contributed by atoms with Crippen molar-refractivity contribution in [2.45, 2.75) is 30.7 Å². The van der Waals surface area contributed by atoms with Gasteiger partial charge < -0.3 is 39.7 Å². The van der Waals surface area contributed by atoms with E-state index in [1.165, 1.54) is 18.2 Å². The maximum Gasteiger partial charge on any atom is 0.341 e. The van der Waals surface area contributed by atoms with Crippen LogP contribution in [0.3, 0.4) is 0 Å². The monoisotopic (exact) mass is 330 g/mol. The number of benzene rings is 1. The highest BCUT2D eigenvalue weighted by atomic mass is 16.7. The Kier molecular flexibility index (Phi) is 5.39. The van der Waals surface area contributed by atoms with Crippen LogP contribution in [-0.2, 0) is 9.47 Å². The van der Waals surface area contributed by atoms with E-state index < -0.39 is 43.3 Å². The van der Waals surface area contributed by atoms with Crippen LogP contribution < -0.4 is 4.74 Å². The molecular formula is C14H18O9. The fraction of sp³-hybridized carbons (Fsp3) is 0.500. The summed E-state index contributed by atoms with van der Waals surface area (Å²) in [6.45, 7) is -0.589. The molecule has 0 radical (unpaired) electrons. The lowest BCUT2D eigenvalue weighted by molar-refractivity contribution is -0.277. The number of aromatic hydroxyl groups is 1. The highest BCUT2D eigenvalue weighted by Gasteiger charge is 2.44. The van der Waals surface area contributed by atoms with Crippen LogP contribution in [0.2, 0.25) is 0 Å². The third kappa shape index (κ3) is 3.54. The number of esters is 1. The van der Waals surface area contributed by atoms with E-state index in [1.54, 1.807) is 0 Å². The van der Waals surface area contributed by atoms with E-state index in [4.69, 9.17) is 14.6 Å². The van der Waals surface area contributed by atoms with Gasteiger partial charge in [-0.05, 0) is 18.2 Å². The molecule has 1 aliphatic rings. The summed E-state index contributed by atoms with van der Waals surface area (Å²) in [5, 5.41) is 48.0. The molecule has 9 nitrogen and oxygen atoms in total. The Hall–Kier alpha value is -1.91. The molecule has 2 rings (SSSR count). The minimum Gasteiger partial charge on any atom is -0.507 e. The largest absolute Gasteiger partial charge is 0.507 e. The molecular weight excluding hydrogens is 312 g/mol. The van der Waals surface area contributed by atoms with Gasteiger partial charge in [-0.15, -0.1) is 0 Å². The number of ether oxygens (including phenoxy) is 3. The second kappa shape index (κ2) is 7.11. The van der Waals surface area contributed by atoms with E-state index in [-0.39, 0.29) is 17.1 Å². The van der Waals surface area contributed by atoms with Gasteiger partial charge >= 0.3 is 5.97 Å². The molecule has 1 fully saturated rings. The molecule has 0 amide bonds. The first kappa shape index (κ1) is 17.4. The van der Waals surface area contributed by atoms with Crippen molar-refractivity contribution >= 4 is 5.97 Å². The molecule has 0 spiro atoms. The number of hydrogen-bond acceptors (Lipinski definition) is 9. The fourth-order valence-electron chi connectivity index (χ4n) is 2.16. The first-order valence-corrected chi connectivity index (χ1v) is 6.77. The van der Waals surface area contributed by atoms with Gasteiger partial charge in [-0.2, -0.15) is 0 Å². The van der Waals surface area contributed by atoms with Gasteiger partial charge in [0.15, 0.2) is 0 Å². The van der Waals surface area contributed by atoms with Crippen molar-refractivity contribution in [1.82, 2.24) is 0 Å². The third-order valence-corrected chi connectivity index (χ3v) is 3.47. The quantitative estimate of drug-likeness (QED) is 0.410. The predicted octanol–water partition coefficient (Wildman–Crippen LogP) is -1.64. The number of rotatable bonds is 4. The van der Waals surface area contributed by atoms with Gasteiger partial charge in [-0.25, -0.2) is 4.79 Å². The average molecular weight is 330 g/mol. The van der Waals surface area contributed by atoms with Gasteiger partial charge in [0.2, 0.25) is 6.29 Å². The van der Waals surface area contributed by atoms with Gasteiger partial charge in [0.1, 0.15) is 41.5 Å². The first-order chi connectivity index (χ1) is 10.9. The van der Waals surface area contributed by atoms with E-state index >= 15 is 0 Å². The molecule has 1 aromatic carbocycles. The van der Waals surface area contributed by atoms with Crippen molar-refractivity contribution in [3.63, 3.8) is 0 Å². The van der Waals surface area contributed by atoms with Crippen LogP contribution in [0.25, 0.3) is 0 Å². The Balaban J connectivity index is 2.19. The summed E-state index contributed by atoms with van der Waals surface area (Å²) in [6, 6.07) is 3.66. The van der Waals surface area contributed by atoms with Crippen LogP contribution in [-0.4, -0.2) is 75.9 Å². The maximum atomic E-state index is 11.5. The van der Waals surface area contributed by atoms with Gasteiger partial charge in [-0.1, -0.05) is 0 Å². The highest BCUT2D eigenvalue weighted by molar-refractivity contribution is 5.92. The molecule has 9 heteroatoms. The lowest BCUT2D eigenvalue weighted by Crippen LogP contribution is -2.60. The zero-order valence-electron chi connectivity index (χ0n) is 12.2. The molecule has 5 N–H and O–H groups in total. The lowest BCUT2D eigenvalue weighted by atomic mass is 9.99. The summed E-state index contributed by atoms with van der Waals surface area (Å²) >= 11 is 0. The molecule has 0 aliphatic carbocycles. The van der Waals surface area contributed by atoms with Crippen molar-refractivity contribution in [2.24, 2.45) is 0 Å². The van der Waals surface area contributed by atoms with Gasteiger partial charge in [0.05, 0.1) is 13.7 Å². The van der Waals surface area contributed by atoms with Gasteiger partial charge in [0.25, 0.3) is 0 Å². The minimum atomic E-state index is -1.58. The van der Waals surface area contributed by atoms with Crippen LogP contribution in [0.1, 0.15) is 10.4 Å². The first-order valence-electron chi connectivity index (χ1n) is 6.77. The van der Waals surface area contributed by atoms with Crippen molar-refractivity contribution in [3.8, 4) is 11.5 Å². The molecule has 128 valence electrons. The molecule has 1 aliphatic heterocycles. The molecule has 5 atom stereocenters. The van der Waals surface area contributed by atoms with Crippen molar-refractivity contribution in [1.29, 1.82) is 0 Å². The highest BCUT2D eigenvalue weighted by Crippen LogP contribution is 2.28. The molecule has 0 bridgehead atoms. The number of carbonyl (C=O) groups excluding carboxylic acids is 1. The average Bonchev–Trinajstić information content (AvgIpc) is 2.56. The van der Waals surface area contributed by atoms with Crippen LogP contribution in [0.5, 0.6) is 11.5 Å². The van der Waals surface area contributed by atoms with Crippen LogP contribution in [0, 0.1) is 0 Å². The topological polar surface area (TPSA) is 146 Å². The molecule has 0 saturated carbocycles. The summed E-state index contributed by atoms with van der Waals surface area (Å²) in [5.74, 6) is -1.06. The van der Waals surface area contributed by atoms with Crippen LogP contribution in [0.4, 0.5) is 0 Å². The molecule has 0 aromatic heterocycles. The fourth-order valence-corrected chi connectivity index (χ4v) is 2.16. The Bertz CT molecular complexity index is 559. The van der Waals surface area contributed by atoms with Crippen LogP contribution in [0.15, 0.2) is 18.2 Å². The Labute approximate surface area is 131 Å². The number of aliphatic hydroxyl groups is 4. The standard InChI is InChI=1S/C14H18O9/c1-21-13(20)7-4-6(2-3-8(7)16)22-14-12(19)11(18)10(17)9(5-15)23-14/h2-4,9-12,14-19H,5H2,1H3/t9-,10-,11+,12-,14-/m1/s1. The van der Waals surface area contributed by atoms with E-state index in [2.05, 4.69) is 4.74 Å². The molecule has 0 unspecified atom stereocenters. The number of aliphatic hydroxyl groups excluding tert-OH is 4. The number of carbonyl (C=O) groups is 1. The zero-order valence-corrected chi connectivity index (χ0v) is 12.2. The Morgan fingerprint density at radius 2 is 1.91 bits per heavy atom. The normalized spacial score (nSPS) is 30.7. The SMILES string of the molecule is COC(=O)c1cc(O[C@@H]2O[C@H](CO)[C@@H](O)[C@H](O)[C@H]2O)ccc1O. The summed E-state index contributed by atoms with van der Waals surface area (Å²) in [4.78, 5) is 11.5. The van der Waals surface area contributed by atoms with Crippen molar-refractivity contribution in [2.75, 3.05) is 13.7 Å². The number of hydrogen-bond donors (Lipinski definition) is 5. The molecule has 1 saturated heterocycles. The van der Waals surface area contributed by atoms with Gasteiger partial charge in [-0.3, -0.25) is 0 Å². The smallest absolute Gasteiger partial charge is 0.341 e. The lowest BCUT2D eigenvalue weighted by Gasteiger charge is -2.39. The summed E-state index contributed by atoms with van der Waals surface area (Å²) in [7, 11) is 1.15. The van der Waals surface area contributed by atoms with Crippen LogP contribution >= 0.6 is 0 Å². The summed E-state index contributed by atoms with van der Waals surface area (Å²) in [6.07, 6.45) is -7.16. The van der Waals surface area contributed by atoms with Gasteiger partial charge in [0, 0.05) is 0 Å². The van der Waals surface area contributed by atoms with E-state index in [9.17, 15) is 25.2 Å². The second-order valence-electron chi connectivity index (χ2n) is 4.99. The van der Waals surface area contributed by atoms with E-state index in [0.29, 0.717) is 0 Å². The predicted molar refractivity (Wildman–Crippen MR) is 73.8 cm³/mol.